The van der Waals surface area contributed by atoms with Gasteiger partial charge in [-0.1, -0.05) is 24.4 Å². The second kappa shape index (κ2) is 5.26. The van der Waals surface area contributed by atoms with E-state index in [1.54, 1.807) is 24.3 Å². The minimum atomic E-state index is -2.99. The van der Waals surface area contributed by atoms with Crippen LogP contribution in [-0.2, 0) is 9.84 Å². The lowest BCUT2D eigenvalue weighted by molar-refractivity contribution is 0.0941. The van der Waals surface area contributed by atoms with E-state index in [4.69, 9.17) is 18.0 Å². The maximum atomic E-state index is 11.9. The minimum Gasteiger partial charge on any atom is -0.389 e. The van der Waals surface area contributed by atoms with E-state index >= 15 is 0 Å². The van der Waals surface area contributed by atoms with Crippen LogP contribution in [0.4, 0.5) is 0 Å². The molecule has 3 N–H and O–H groups in total. The van der Waals surface area contributed by atoms with Crippen LogP contribution in [0.5, 0.6) is 0 Å². The molecular weight excluding hydrogens is 284 g/mol. The van der Waals surface area contributed by atoms with Crippen LogP contribution in [0.3, 0.4) is 0 Å². The van der Waals surface area contributed by atoms with Crippen molar-refractivity contribution in [2.45, 2.75) is 12.5 Å². The number of carbonyl (C=O) groups excluding carboxylic acids is 1. The van der Waals surface area contributed by atoms with Crippen molar-refractivity contribution >= 4 is 33.0 Å². The number of thiocarbonyl (C=S) groups is 1. The molecule has 0 aromatic heterocycles. The SMILES string of the molecule is NC(=S)c1ccc(C(=O)NC2CCS(=O)(=O)C2)cc1. The minimum absolute atomic E-state index is 0.0176. The lowest BCUT2D eigenvalue weighted by atomic mass is 10.1. The Labute approximate surface area is 117 Å². The first kappa shape index (κ1) is 14.0. The molecule has 0 saturated carbocycles. The molecule has 1 aromatic carbocycles. The van der Waals surface area contributed by atoms with Crippen molar-refractivity contribution in [2.75, 3.05) is 11.5 Å². The van der Waals surface area contributed by atoms with Gasteiger partial charge in [-0.2, -0.15) is 0 Å². The van der Waals surface area contributed by atoms with E-state index in [1.165, 1.54) is 0 Å². The third kappa shape index (κ3) is 3.51. The van der Waals surface area contributed by atoms with Gasteiger partial charge in [-0.05, 0) is 18.6 Å². The van der Waals surface area contributed by atoms with Crippen LogP contribution in [0.2, 0.25) is 0 Å². The number of nitrogens with two attached hydrogens (primary N) is 1. The lowest BCUT2D eigenvalue weighted by Crippen LogP contribution is -2.35. The molecule has 1 heterocycles. The molecule has 1 aliphatic heterocycles. The Morgan fingerprint density at radius 3 is 2.32 bits per heavy atom. The van der Waals surface area contributed by atoms with Gasteiger partial charge >= 0.3 is 0 Å². The van der Waals surface area contributed by atoms with E-state index in [1.807, 2.05) is 0 Å². The Balaban J connectivity index is 2.02. The number of carbonyl (C=O) groups is 1. The first-order chi connectivity index (χ1) is 8.87. The van der Waals surface area contributed by atoms with Crippen LogP contribution in [-0.4, -0.2) is 36.9 Å². The van der Waals surface area contributed by atoms with Gasteiger partial charge in [0.1, 0.15) is 4.99 Å². The molecule has 0 aliphatic carbocycles. The Morgan fingerprint density at radius 2 is 1.84 bits per heavy atom. The normalized spacial score (nSPS) is 20.9. The highest BCUT2D eigenvalue weighted by Gasteiger charge is 2.29. The predicted octanol–water partition coefficient (Wildman–Crippen LogP) is 0.238. The van der Waals surface area contributed by atoms with Crippen LogP contribution in [0.1, 0.15) is 22.3 Å². The highest BCUT2D eigenvalue weighted by molar-refractivity contribution is 7.91. The summed E-state index contributed by atoms with van der Waals surface area (Å²) >= 11 is 4.82. The Kier molecular flexibility index (Phi) is 3.86. The molecule has 7 heteroatoms. The van der Waals surface area contributed by atoms with Crippen LogP contribution in [0, 0.1) is 0 Å². The zero-order valence-electron chi connectivity index (χ0n) is 10.1. The maximum absolute atomic E-state index is 11.9. The lowest BCUT2D eigenvalue weighted by Gasteiger charge is -2.11. The number of amides is 1. The first-order valence-electron chi connectivity index (χ1n) is 5.78. The molecule has 1 amide bonds. The van der Waals surface area contributed by atoms with Gasteiger partial charge in [-0.25, -0.2) is 8.42 Å². The molecule has 0 bridgehead atoms. The van der Waals surface area contributed by atoms with Crippen LogP contribution < -0.4 is 11.1 Å². The van der Waals surface area contributed by atoms with Crippen LogP contribution in [0.15, 0.2) is 24.3 Å². The van der Waals surface area contributed by atoms with Gasteiger partial charge < -0.3 is 11.1 Å². The fourth-order valence-electron chi connectivity index (χ4n) is 1.96. The molecule has 1 unspecified atom stereocenters. The molecule has 19 heavy (non-hydrogen) atoms. The quantitative estimate of drug-likeness (QED) is 0.780. The topological polar surface area (TPSA) is 89.3 Å². The van der Waals surface area contributed by atoms with E-state index in [9.17, 15) is 13.2 Å². The van der Waals surface area contributed by atoms with Crippen molar-refractivity contribution < 1.29 is 13.2 Å². The third-order valence-electron chi connectivity index (χ3n) is 3.00. The highest BCUT2D eigenvalue weighted by Crippen LogP contribution is 2.12. The predicted molar refractivity (Wildman–Crippen MR) is 76.9 cm³/mol. The number of rotatable bonds is 3. The number of nitrogens with one attached hydrogen (secondary N) is 1. The molecular formula is C12H14N2O3S2. The summed E-state index contributed by atoms with van der Waals surface area (Å²) in [6.07, 6.45) is 0.471. The summed E-state index contributed by atoms with van der Waals surface area (Å²) in [4.78, 5) is 12.2. The largest absolute Gasteiger partial charge is 0.389 e. The zero-order chi connectivity index (χ0) is 14.0. The van der Waals surface area contributed by atoms with Crippen molar-refractivity contribution in [3.63, 3.8) is 0 Å². The Hall–Kier alpha value is -1.47. The smallest absolute Gasteiger partial charge is 0.251 e. The van der Waals surface area contributed by atoms with Crippen molar-refractivity contribution in [2.24, 2.45) is 5.73 Å². The average molecular weight is 298 g/mol. The third-order valence-corrected chi connectivity index (χ3v) is 5.00. The van der Waals surface area contributed by atoms with E-state index in [0.717, 1.165) is 0 Å². The molecule has 1 fully saturated rings. The van der Waals surface area contributed by atoms with Gasteiger partial charge in [0.2, 0.25) is 0 Å². The average Bonchev–Trinajstić information content (AvgIpc) is 2.68. The van der Waals surface area contributed by atoms with Crippen molar-refractivity contribution in [1.82, 2.24) is 5.32 Å². The molecule has 0 spiro atoms. The summed E-state index contributed by atoms with van der Waals surface area (Å²) in [7, 11) is -2.99. The second-order valence-corrected chi connectivity index (χ2v) is 7.18. The molecule has 1 aromatic rings. The van der Waals surface area contributed by atoms with E-state index < -0.39 is 9.84 Å². The molecule has 1 saturated heterocycles. The standard InChI is InChI=1S/C12H14N2O3S2/c13-11(18)8-1-3-9(4-2-8)12(15)14-10-5-6-19(16,17)7-10/h1-4,10H,5-7H2,(H2,13,18)(H,14,15). The second-order valence-electron chi connectivity index (χ2n) is 4.52. The molecule has 2 rings (SSSR count). The Bertz CT molecular complexity index is 608. The van der Waals surface area contributed by atoms with Gasteiger partial charge in [-0.15, -0.1) is 0 Å². The Morgan fingerprint density at radius 1 is 1.26 bits per heavy atom. The number of sulfone groups is 1. The van der Waals surface area contributed by atoms with Gasteiger partial charge in [0, 0.05) is 17.2 Å². The molecule has 0 radical (unpaired) electrons. The molecule has 1 atom stereocenters. The fourth-order valence-corrected chi connectivity index (χ4v) is 3.77. The molecule has 102 valence electrons. The summed E-state index contributed by atoms with van der Waals surface area (Å²) in [5, 5.41) is 2.72. The van der Waals surface area contributed by atoms with Crippen LogP contribution >= 0.6 is 12.2 Å². The van der Waals surface area contributed by atoms with Gasteiger partial charge in [-0.3, -0.25) is 4.79 Å². The first-order valence-corrected chi connectivity index (χ1v) is 8.01. The van der Waals surface area contributed by atoms with Crippen LogP contribution in [0.25, 0.3) is 0 Å². The van der Waals surface area contributed by atoms with Crippen molar-refractivity contribution in [3.8, 4) is 0 Å². The van der Waals surface area contributed by atoms with E-state index in [-0.39, 0.29) is 28.4 Å². The maximum Gasteiger partial charge on any atom is 0.251 e. The summed E-state index contributed by atoms with van der Waals surface area (Å²) in [5.74, 6) is -0.126. The summed E-state index contributed by atoms with van der Waals surface area (Å²) in [5.41, 5.74) is 6.62. The van der Waals surface area contributed by atoms with E-state index in [0.29, 0.717) is 17.5 Å². The summed E-state index contributed by atoms with van der Waals surface area (Å²) in [6.45, 7) is 0. The fraction of sp³-hybridized carbons (Fsp3) is 0.333. The number of hydrogen-bond acceptors (Lipinski definition) is 4. The zero-order valence-corrected chi connectivity index (χ0v) is 11.8. The molecule has 5 nitrogen and oxygen atoms in total. The van der Waals surface area contributed by atoms with Crippen molar-refractivity contribution in [3.05, 3.63) is 35.4 Å². The van der Waals surface area contributed by atoms with Crippen molar-refractivity contribution in [1.29, 1.82) is 0 Å². The number of benzene rings is 1. The van der Waals surface area contributed by atoms with E-state index in [2.05, 4.69) is 5.32 Å². The summed E-state index contributed by atoms with van der Waals surface area (Å²) < 4.78 is 22.6. The summed E-state index contributed by atoms with van der Waals surface area (Å²) in [6, 6.07) is 6.28. The van der Waals surface area contributed by atoms with Gasteiger partial charge in [0.25, 0.3) is 5.91 Å². The monoisotopic (exact) mass is 298 g/mol. The number of hydrogen-bond donors (Lipinski definition) is 2. The van der Waals surface area contributed by atoms with Gasteiger partial charge in [0.15, 0.2) is 9.84 Å². The van der Waals surface area contributed by atoms with Gasteiger partial charge in [0.05, 0.1) is 11.5 Å². The highest BCUT2D eigenvalue weighted by atomic mass is 32.2. The molecule has 1 aliphatic rings.